The molecule has 0 bridgehead atoms. The fourth-order valence-electron chi connectivity index (χ4n) is 2.76. The number of fused-ring (bicyclic) bond motifs is 1. The van der Waals surface area contributed by atoms with Crippen molar-refractivity contribution in [2.75, 3.05) is 18.6 Å². The number of hydrogen-bond donors (Lipinski definition) is 7. The number of aliphatic hydroxyl groups is 2. The average Bonchev–Trinajstić information content (AvgIpc) is 3.19. The molecule has 0 saturated carbocycles. The van der Waals surface area contributed by atoms with Gasteiger partial charge in [0.1, 0.15) is 23.8 Å². The van der Waals surface area contributed by atoms with Crippen LogP contribution in [0.3, 0.4) is 0 Å². The monoisotopic (exact) mass is 553 g/mol. The standard InChI is InChI=1S/C11H18N5O13P3S/c1-33-11-14-8(12)5-9(15-11)16(3-13-5)10-7(18)6(17)4(27-10)2-26-31(22,23)29-32(24,25)28-30(19,20)21/h3-4,6-7,10,17-18H,2H2,1H3,(H,22,23)(H,24,25)(H2,12,14,15)(H2,19,20,21)/t4-,6?,7?,10-/m1/s1. The molecule has 1 fully saturated rings. The summed E-state index contributed by atoms with van der Waals surface area (Å²) in [6.45, 7) is -0.960. The third-order valence-corrected chi connectivity index (χ3v) is 8.39. The maximum atomic E-state index is 11.9. The second kappa shape index (κ2) is 9.56. The summed E-state index contributed by atoms with van der Waals surface area (Å²) in [6, 6.07) is 0. The zero-order valence-corrected chi connectivity index (χ0v) is 19.8. The van der Waals surface area contributed by atoms with Crippen molar-refractivity contribution in [3.8, 4) is 0 Å². The third-order valence-electron chi connectivity index (χ3n) is 4.04. The molecule has 33 heavy (non-hydrogen) atoms. The number of imidazole rings is 1. The highest BCUT2D eigenvalue weighted by atomic mass is 32.2. The Morgan fingerprint density at radius 1 is 1.12 bits per heavy atom. The Balaban J connectivity index is 1.73. The summed E-state index contributed by atoms with van der Waals surface area (Å²) in [4.78, 5) is 48.0. The molecule has 4 unspecified atom stereocenters. The van der Waals surface area contributed by atoms with Crippen molar-refractivity contribution in [2.45, 2.75) is 29.7 Å². The van der Waals surface area contributed by atoms with Gasteiger partial charge in [0.25, 0.3) is 0 Å². The van der Waals surface area contributed by atoms with Gasteiger partial charge in [0.2, 0.25) is 0 Å². The minimum Gasteiger partial charge on any atom is -0.387 e. The van der Waals surface area contributed by atoms with E-state index in [0.29, 0.717) is 5.16 Å². The summed E-state index contributed by atoms with van der Waals surface area (Å²) in [5.41, 5.74) is 6.18. The van der Waals surface area contributed by atoms with E-state index in [4.69, 9.17) is 25.2 Å². The van der Waals surface area contributed by atoms with Crippen LogP contribution >= 0.6 is 35.2 Å². The number of nitrogens with two attached hydrogens (primary N) is 1. The molecule has 2 aromatic heterocycles. The molecular weight excluding hydrogens is 535 g/mol. The van der Waals surface area contributed by atoms with Gasteiger partial charge in [0.15, 0.2) is 22.8 Å². The largest absolute Gasteiger partial charge is 0.490 e. The van der Waals surface area contributed by atoms with E-state index in [0.717, 1.165) is 0 Å². The van der Waals surface area contributed by atoms with E-state index in [1.54, 1.807) is 6.26 Å². The number of thioether (sulfide) groups is 1. The molecule has 6 atom stereocenters. The fourth-order valence-corrected chi connectivity index (χ4v) is 6.16. The lowest BCUT2D eigenvalue weighted by molar-refractivity contribution is -0.0503. The van der Waals surface area contributed by atoms with Crippen LogP contribution in [0.25, 0.3) is 11.2 Å². The van der Waals surface area contributed by atoms with Gasteiger partial charge in [-0.1, -0.05) is 11.8 Å². The zero-order valence-electron chi connectivity index (χ0n) is 16.3. The van der Waals surface area contributed by atoms with E-state index >= 15 is 0 Å². The van der Waals surface area contributed by atoms with Gasteiger partial charge in [-0.3, -0.25) is 9.09 Å². The van der Waals surface area contributed by atoms with Crippen molar-refractivity contribution in [2.24, 2.45) is 0 Å². The number of nitrogens with zero attached hydrogens (tertiary/aromatic N) is 4. The first-order valence-corrected chi connectivity index (χ1v) is 14.2. The third kappa shape index (κ3) is 6.36. The Morgan fingerprint density at radius 2 is 1.79 bits per heavy atom. The molecule has 0 radical (unpaired) electrons. The number of aliphatic hydroxyl groups excluding tert-OH is 2. The van der Waals surface area contributed by atoms with Crippen molar-refractivity contribution in [3.05, 3.63) is 6.33 Å². The summed E-state index contributed by atoms with van der Waals surface area (Å²) in [6.07, 6.45) is -3.14. The number of rotatable bonds is 9. The quantitative estimate of drug-likeness (QED) is 0.112. The van der Waals surface area contributed by atoms with E-state index in [1.807, 2.05) is 0 Å². The van der Waals surface area contributed by atoms with Crippen LogP contribution in [0.15, 0.2) is 11.5 Å². The van der Waals surface area contributed by atoms with Crippen LogP contribution in [0, 0.1) is 0 Å². The predicted molar refractivity (Wildman–Crippen MR) is 107 cm³/mol. The van der Waals surface area contributed by atoms with Crippen molar-refractivity contribution < 1.29 is 61.4 Å². The Bertz CT molecular complexity index is 1170. The lowest BCUT2D eigenvalue weighted by Gasteiger charge is -2.19. The van der Waals surface area contributed by atoms with Gasteiger partial charge < -0.3 is 40.3 Å². The van der Waals surface area contributed by atoms with Crippen LogP contribution in [0.4, 0.5) is 5.82 Å². The van der Waals surface area contributed by atoms with E-state index in [1.165, 1.54) is 22.7 Å². The van der Waals surface area contributed by atoms with E-state index < -0.39 is 54.6 Å². The minimum atomic E-state index is -5.71. The average molecular weight is 553 g/mol. The molecule has 0 amide bonds. The van der Waals surface area contributed by atoms with Crippen LogP contribution in [0.5, 0.6) is 0 Å². The maximum absolute atomic E-state index is 11.9. The van der Waals surface area contributed by atoms with Gasteiger partial charge >= 0.3 is 23.5 Å². The smallest absolute Gasteiger partial charge is 0.387 e. The van der Waals surface area contributed by atoms with Gasteiger partial charge in [0, 0.05) is 0 Å². The number of nitrogen functional groups attached to an aromatic ring is 1. The summed E-state index contributed by atoms with van der Waals surface area (Å²) >= 11 is 1.18. The minimum absolute atomic E-state index is 0.0559. The fraction of sp³-hybridized carbons (Fsp3) is 0.545. The molecule has 0 spiro atoms. The van der Waals surface area contributed by atoms with E-state index in [2.05, 4.69) is 28.1 Å². The number of phosphoric ester groups is 1. The molecule has 0 aliphatic carbocycles. The Hall–Kier alpha value is -1.01. The molecule has 0 aromatic carbocycles. The van der Waals surface area contributed by atoms with Crippen LogP contribution in [0.2, 0.25) is 0 Å². The summed E-state index contributed by atoms with van der Waals surface area (Å²) in [7, 11) is -16.7. The molecule has 18 nitrogen and oxygen atoms in total. The number of phosphoric acid groups is 3. The summed E-state index contributed by atoms with van der Waals surface area (Å²) in [5, 5.41) is 20.9. The first-order valence-electron chi connectivity index (χ1n) is 8.46. The number of aromatic nitrogens is 4. The maximum Gasteiger partial charge on any atom is 0.490 e. The number of ether oxygens (including phenoxy) is 1. The van der Waals surface area contributed by atoms with Crippen molar-refractivity contribution >= 4 is 52.2 Å². The molecule has 3 heterocycles. The van der Waals surface area contributed by atoms with Crippen molar-refractivity contribution in [1.82, 2.24) is 19.5 Å². The van der Waals surface area contributed by atoms with E-state index in [9.17, 15) is 28.8 Å². The number of anilines is 1. The van der Waals surface area contributed by atoms with Gasteiger partial charge in [0.05, 0.1) is 12.9 Å². The van der Waals surface area contributed by atoms with Crippen LogP contribution in [-0.2, 0) is 31.6 Å². The highest BCUT2D eigenvalue weighted by Gasteiger charge is 2.47. The van der Waals surface area contributed by atoms with E-state index in [-0.39, 0.29) is 17.0 Å². The summed E-state index contributed by atoms with van der Waals surface area (Å²) < 4.78 is 52.2. The Morgan fingerprint density at radius 3 is 2.39 bits per heavy atom. The Kier molecular flexibility index (Phi) is 7.71. The molecule has 1 aliphatic heterocycles. The SMILES string of the molecule is CSc1nc(N)c2ncn([C@@H]3O[C@H](COP(=O)(O)OP(=O)(O)OP(=O)(O)O)C(O)C3O)c2n1. The topological polar surface area (TPSA) is 279 Å². The van der Waals surface area contributed by atoms with Crippen LogP contribution in [-0.4, -0.2) is 80.5 Å². The highest BCUT2D eigenvalue weighted by Crippen LogP contribution is 2.66. The first kappa shape index (κ1) is 26.6. The van der Waals surface area contributed by atoms with Gasteiger partial charge in [-0.15, -0.1) is 0 Å². The second-order valence-electron chi connectivity index (χ2n) is 6.35. The molecule has 1 aliphatic rings. The van der Waals surface area contributed by atoms with Crippen molar-refractivity contribution in [1.29, 1.82) is 0 Å². The Labute approximate surface area is 188 Å². The zero-order chi connectivity index (χ0) is 24.8. The molecule has 186 valence electrons. The molecule has 8 N–H and O–H groups in total. The highest BCUT2D eigenvalue weighted by molar-refractivity contribution is 7.98. The van der Waals surface area contributed by atoms with Gasteiger partial charge in [-0.25, -0.2) is 28.6 Å². The molecule has 1 saturated heterocycles. The molecule has 2 aromatic rings. The molecule has 22 heteroatoms. The molecular formula is C11H18N5O13P3S. The van der Waals surface area contributed by atoms with Crippen LogP contribution < -0.4 is 5.73 Å². The molecule has 3 rings (SSSR count). The second-order valence-corrected chi connectivity index (χ2v) is 11.5. The lowest BCUT2D eigenvalue weighted by atomic mass is 10.1. The van der Waals surface area contributed by atoms with Crippen molar-refractivity contribution in [3.63, 3.8) is 0 Å². The van der Waals surface area contributed by atoms with Gasteiger partial charge in [-0.05, 0) is 6.26 Å². The van der Waals surface area contributed by atoms with Crippen LogP contribution in [0.1, 0.15) is 6.23 Å². The number of hydrogen-bond acceptors (Lipinski definition) is 14. The first-order chi connectivity index (χ1) is 15.1. The lowest BCUT2D eigenvalue weighted by Crippen LogP contribution is -2.33. The summed E-state index contributed by atoms with van der Waals surface area (Å²) in [5.74, 6) is 0.0559. The normalized spacial score (nSPS) is 27.5. The van der Waals surface area contributed by atoms with Gasteiger partial charge in [-0.2, -0.15) is 8.62 Å². The predicted octanol–water partition coefficient (Wildman–Crippen LogP) is -0.907.